The van der Waals surface area contributed by atoms with E-state index in [4.69, 9.17) is 0 Å². The van der Waals surface area contributed by atoms with E-state index in [1.54, 1.807) is 0 Å². The number of halogens is 3. The number of benzene rings is 1. The minimum Gasteiger partial charge on any atom is -0.309 e. The minimum absolute atomic E-state index is 0.0932. The van der Waals surface area contributed by atoms with Crippen LogP contribution in [0, 0.1) is 5.92 Å². The Morgan fingerprint density at radius 1 is 1.04 bits per heavy atom. The van der Waals surface area contributed by atoms with Gasteiger partial charge in [-0.2, -0.15) is 29.2 Å². The highest BCUT2D eigenvalue weighted by molar-refractivity contribution is 7.99. The molecule has 1 saturated carbocycles. The van der Waals surface area contributed by atoms with Crippen LogP contribution in [-0.2, 0) is 16.2 Å². The quantitative estimate of drug-likeness (QED) is 0.571. The van der Waals surface area contributed by atoms with Gasteiger partial charge in [0.25, 0.3) is 0 Å². The van der Waals surface area contributed by atoms with E-state index in [9.17, 15) is 21.6 Å². The van der Waals surface area contributed by atoms with Crippen LogP contribution in [0.4, 0.5) is 13.2 Å². The molecule has 0 spiro atoms. The second-order valence-electron chi connectivity index (χ2n) is 7.60. The highest BCUT2D eigenvalue weighted by Crippen LogP contribution is 2.33. The summed E-state index contributed by atoms with van der Waals surface area (Å²) in [4.78, 5) is 2.06. The van der Waals surface area contributed by atoms with Crippen molar-refractivity contribution in [2.45, 2.75) is 42.8 Å². The highest BCUT2D eigenvalue weighted by Gasteiger charge is 2.33. The largest absolute Gasteiger partial charge is 0.416 e. The molecule has 28 heavy (non-hydrogen) atoms. The van der Waals surface area contributed by atoms with E-state index < -0.39 is 21.8 Å². The second kappa shape index (κ2) is 9.82. The van der Waals surface area contributed by atoms with Crippen LogP contribution in [0.2, 0.25) is 0 Å². The van der Waals surface area contributed by atoms with Crippen LogP contribution in [0.5, 0.6) is 0 Å². The van der Waals surface area contributed by atoms with Crippen molar-refractivity contribution in [3.63, 3.8) is 0 Å². The standard InChI is InChI=1S/C19H29F3N2O2S2/c1-23(2)12-13-27-14-15-4-8-17(9-5-15)24(3)28(25,26)18-10-6-16(7-11-18)19(20,21)22/h6-7,10-11,15,17H,4-5,8-9,12-14H2,1-3H3/t15-,17-. The van der Waals surface area contributed by atoms with Gasteiger partial charge in [0.1, 0.15) is 0 Å². The molecular weight excluding hydrogens is 409 g/mol. The number of alkyl halides is 3. The van der Waals surface area contributed by atoms with Crippen LogP contribution in [0.1, 0.15) is 31.2 Å². The molecule has 0 radical (unpaired) electrons. The molecule has 0 bridgehead atoms. The number of hydrogen-bond acceptors (Lipinski definition) is 4. The average Bonchev–Trinajstić information content (AvgIpc) is 2.64. The number of hydrogen-bond donors (Lipinski definition) is 0. The Morgan fingerprint density at radius 3 is 2.11 bits per heavy atom. The third-order valence-electron chi connectivity index (χ3n) is 5.23. The SMILES string of the molecule is CN(C)CCSC[C@H]1CC[C@H](N(C)S(=O)(=O)c2ccc(C(F)(F)F)cc2)CC1. The fraction of sp³-hybridized carbons (Fsp3) is 0.684. The molecule has 1 aromatic carbocycles. The lowest BCUT2D eigenvalue weighted by Gasteiger charge is -2.34. The molecule has 1 fully saturated rings. The molecule has 0 atom stereocenters. The lowest BCUT2D eigenvalue weighted by Crippen LogP contribution is -2.39. The van der Waals surface area contributed by atoms with E-state index in [-0.39, 0.29) is 10.9 Å². The Balaban J connectivity index is 1.90. The molecular formula is C19H29F3N2O2S2. The summed E-state index contributed by atoms with van der Waals surface area (Å²) in [6.07, 6.45) is -0.944. The van der Waals surface area contributed by atoms with Crippen LogP contribution in [0.15, 0.2) is 29.2 Å². The van der Waals surface area contributed by atoms with E-state index in [2.05, 4.69) is 19.0 Å². The van der Waals surface area contributed by atoms with Crippen molar-refractivity contribution in [3.8, 4) is 0 Å². The Kier molecular flexibility index (Phi) is 8.25. The van der Waals surface area contributed by atoms with Gasteiger partial charge >= 0.3 is 6.18 Å². The predicted octanol–water partition coefficient (Wildman–Crippen LogP) is 4.18. The first-order valence-electron chi connectivity index (χ1n) is 9.39. The zero-order chi connectivity index (χ0) is 20.9. The maximum absolute atomic E-state index is 12.8. The van der Waals surface area contributed by atoms with Gasteiger partial charge in [0.2, 0.25) is 10.0 Å². The molecule has 0 heterocycles. The molecule has 0 unspecified atom stereocenters. The topological polar surface area (TPSA) is 40.6 Å². The summed E-state index contributed by atoms with van der Waals surface area (Å²) in [7, 11) is 1.85. The molecule has 0 N–H and O–H groups in total. The van der Waals surface area contributed by atoms with Gasteiger partial charge in [-0.05, 0) is 75.7 Å². The van der Waals surface area contributed by atoms with E-state index in [0.717, 1.165) is 68.0 Å². The molecule has 9 heteroatoms. The fourth-order valence-corrected chi connectivity index (χ4v) is 6.09. The van der Waals surface area contributed by atoms with Gasteiger partial charge in [0, 0.05) is 25.4 Å². The summed E-state index contributed by atoms with van der Waals surface area (Å²) in [5, 5.41) is 0. The van der Waals surface area contributed by atoms with Crippen LogP contribution in [0.25, 0.3) is 0 Å². The highest BCUT2D eigenvalue weighted by atomic mass is 32.2. The number of thioether (sulfide) groups is 1. The van der Waals surface area contributed by atoms with Crippen LogP contribution >= 0.6 is 11.8 Å². The van der Waals surface area contributed by atoms with Crippen molar-refractivity contribution in [2.75, 3.05) is 39.2 Å². The summed E-state index contributed by atoms with van der Waals surface area (Å²) in [5.41, 5.74) is -0.846. The lowest BCUT2D eigenvalue weighted by molar-refractivity contribution is -0.137. The van der Waals surface area contributed by atoms with E-state index in [1.807, 2.05) is 11.8 Å². The summed E-state index contributed by atoms with van der Waals surface area (Å²) in [6.45, 7) is 1.05. The molecule has 0 amide bonds. The third-order valence-corrected chi connectivity index (χ3v) is 8.33. The second-order valence-corrected chi connectivity index (χ2v) is 10.7. The predicted molar refractivity (Wildman–Crippen MR) is 108 cm³/mol. The Bertz CT molecular complexity index is 714. The first-order valence-corrected chi connectivity index (χ1v) is 12.0. The summed E-state index contributed by atoms with van der Waals surface area (Å²) in [5.74, 6) is 2.79. The van der Waals surface area contributed by atoms with Crippen LogP contribution in [0.3, 0.4) is 0 Å². The van der Waals surface area contributed by atoms with E-state index in [1.165, 1.54) is 11.4 Å². The normalized spacial score (nSPS) is 21.4. The summed E-state index contributed by atoms with van der Waals surface area (Å²) in [6, 6.07) is 3.63. The van der Waals surface area contributed by atoms with E-state index >= 15 is 0 Å². The van der Waals surface area contributed by atoms with Gasteiger partial charge in [-0.25, -0.2) is 8.42 Å². The number of sulfonamides is 1. The van der Waals surface area contributed by atoms with Crippen molar-refractivity contribution in [1.29, 1.82) is 0 Å². The minimum atomic E-state index is -4.48. The molecule has 0 aromatic heterocycles. The van der Waals surface area contributed by atoms with E-state index in [0.29, 0.717) is 5.92 Å². The van der Waals surface area contributed by atoms with Crippen LogP contribution < -0.4 is 0 Å². The molecule has 4 nitrogen and oxygen atoms in total. The molecule has 1 aromatic rings. The molecule has 1 aliphatic carbocycles. The molecule has 0 saturated heterocycles. The lowest BCUT2D eigenvalue weighted by atomic mass is 9.87. The zero-order valence-corrected chi connectivity index (χ0v) is 18.2. The number of rotatable bonds is 8. The smallest absolute Gasteiger partial charge is 0.309 e. The summed E-state index contributed by atoms with van der Waals surface area (Å²) < 4.78 is 65.0. The molecule has 1 aliphatic rings. The van der Waals surface area contributed by atoms with Crippen molar-refractivity contribution in [2.24, 2.45) is 5.92 Å². The van der Waals surface area contributed by atoms with Crippen molar-refractivity contribution >= 4 is 21.8 Å². The maximum atomic E-state index is 12.8. The van der Waals surface area contributed by atoms with Gasteiger partial charge in [-0.3, -0.25) is 0 Å². The monoisotopic (exact) mass is 438 g/mol. The Hall–Kier alpha value is -0.770. The van der Waals surface area contributed by atoms with Crippen molar-refractivity contribution < 1.29 is 21.6 Å². The van der Waals surface area contributed by atoms with Gasteiger partial charge in [0.15, 0.2) is 0 Å². The first-order chi connectivity index (χ1) is 13.0. The third kappa shape index (κ3) is 6.37. The van der Waals surface area contributed by atoms with Crippen molar-refractivity contribution in [1.82, 2.24) is 9.21 Å². The van der Waals surface area contributed by atoms with Gasteiger partial charge in [-0.15, -0.1) is 0 Å². The Labute approximate surface area is 170 Å². The van der Waals surface area contributed by atoms with Crippen molar-refractivity contribution in [3.05, 3.63) is 29.8 Å². The zero-order valence-electron chi connectivity index (χ0n) is 16.6. The molecule has 160 valence electrons. The summed E-state index contributed by atoms with van der Waals surface area (Å²) >= 11 is 1.94. The van der Waals surface area contributed by atoms with Gasteiger partial charge < -0.3 is 4.90 Å². The average molecular weight is 439 g/mol. The van der Waals surface area contributed by atoms with Gasteiger partial charge in [-0.1, -0.05) is 0 Å². The van der Waals surface area contributed by atoms with Gasteiger partial charge in [0.05, 0.1) is 10.5 Å². The maximum Gasteiger partial charge on any atom is 0.416 e. The Morgan fingerprint density at radius 2 is 1.61 bits per heavy atom. The molecule has 2 rings (SSSR count). The first kappa shape index (κ1) is 23.5. The fourth-order valence-electron chi connectivity index (χ4n) is 3.35. The molecule has 0 aliphatic heterocycles. The van der Waals surface area contributed by atoms with Crippen LogP contribution in [-0.4, -0.2) is 62.9 Å². The number of nitrogens with zero attached hydrogens (tertiary/aromatic N) is 2.